The van der Waals surface area contributed by atoms with Gasteiger partial charge in [0.2, 0.25) is 0 Å². The molecule has 0 fully saturated rings. The molecule has 0 saturated heterocycles. The van der Waals surface area contributed by atoms with Crippen molar-refractivity contribution in [2.24, 2.45) is 11.3 Å². The van der Waals surface area contributed by atoms with E-state index in [-0.39, 0.29) is 5.91 Å². The molecular formula is C19H21Cl2NOS. The third kappa shape index (κ3) is 3.49. The highest BCUT2D eigenvalue weighted by Crippen LogP contribution is 2.41. The second-order valence-electron chi connectivity index (χ2n) is 7.41. The molecule has 1 aromatic heterocycles. The quantitative estimate of drug-likeness (QED) is 0.635. The van der Waals surface area contributed by atoms with Gasteiger partial charge in [-0.05, 0) is 48.3 Å². The number of carbonyl (C=O) groups is 1. The number of amides is 1. The first-order chi connectivity index (χ1) is 11.3. The number of hydrogen-bond donors (Lipinski definition) is 1. The summed E-state index contributed by atoms with van der Waals surface area (Å²) >= 11 is 13.9. The number of hydrogen-bond acceptors (Lipinski definition) is 2. The Labute approximate surface area is 157 Å². The van der Waals surface area contributed by atoms with E-state index in [0.717, 1.165) is 24.8 Å². The molecule has 24 heavy (non-hydrogen) atoms. The molecule has 5 heteroatoms. The maximum Gasteiger partial charge on any atom is 0.256 e. The van der Waals surface area contributed by atoms with Crippen LogP contribution in [0.3, 0.4) is 0 Å². The molecule has 128 valence electrons. The van der Waals surface area contributed by atoms with Crippen LogP contribution >= 0.6 is 34.5 Å². The number of anilines is 1. The lowest BCUT2D eigenvalue weighted by atomic mass is 9.72. The average molecular weight is 382 g/mol. The molecule has 1 atom stereocenters. The third-order valence-corrected chi connectivity index (χ3v) is 6.69. The van der Waals surface area contributed by atoms with Crippen molar-refractivity contribution in [3.8, 4) is 0 Å². The van der Waals surface area contributed by atoms with Crippen LogP contribution < -0.4 is 5.32 Å². The summed E-state index contributed by atoms with van der Waals surface area (Å²) in [5.41, 5.74) is 2.84. The molecule has 3 rings (SSSR count). The lowest BCUT2D eigenvalue weighted by Gasteiger charge is -2.34. The van der Waals surface area contributed by atoms with Gasteiger partial charge in [0.15, 0.2) is 0 Å². The first-order valence-electron chi connectivity index (χ1n) is 8.12. The Morgan fingerprint density at radius 3 is 2.75 bits per heavy atom. The molecule has 0 aliphatic heterocycles. The summed E-state index contributed by atoms with van der Waals surface area (Å²) in [4.78, 5) is 14.0. The Hall–Kier alpha value is -1.03. The number of thiophene rings is 1. The van der Waals surface area contributed by atoms with E-state index in [0.29, 0.717) is 27.1 Å². The largest absolute Gasteiger partial charge is 0.321 e. The highest BCUT2D eigenvalue weighted by molar-refractivity contribution is 7.10. The van der Waals surface area contributed by atoms with Crippen molar-refractivity contribution in [2.45, 2.75) is 40.0 Å². The molecule has 1 amide bonds. The molecule has 1 aliphatic carbocycles. The number of halogens is 2. The van der Waals surface area contributed by atoms with Crippen LogP contribution in [-0.4, -0.2) is 5.91 Å². The van der Waals surface area contributed by atoms with Crippen LogP contribution in [-0.2, 0) is 12.8 Å². The van der Waals surface area contributed by atoms with Gasteiger partial charge in [0, 0.05) is 10.3 Å². The number of rotatable bonds is 2. The summed E-state index contributed by atoms with van der Waals surface area (Å²) < 4.78 is 0. The summed E-state index contributed by atoms with van der Waals surface area (Å²) in [7, 11) is 0. The predicted octanol–water partition coefficient (Wildman–Crippen LogP) is 6.46. The van der Waals surface area contributed by atoms with Gasteiger partial charge in [-0.15, -0.1) is 11.3 Å². The topological polar surface area (TPSA) is 29.1 Å². The summed E-state index contributed by atoms with van der Waals surface area (Å²) in [5, 5.41) is 5.69. The van der Waals surface area contributed by atoms with E-state index in [1.807, 2.05) is 5.38 Å². The second kappa shape index (κ2) is 6.70. The monoisotopic (exact) mass is 381 g/mol. The summed E-state index contributed by atoms with van der Waals surface area (Å²) in [6.45, 7) is 6.89. The third-order valence-electron chi connectivity index (χ3n) is 4.82. The average Bonchev–Trinajstić information content (AvgIpc) is 2.94. The number of carbonyl (C=O) groups excluding carboxylic acids is 1. The molecule has 2 aromatic rings. The standard InChI is InChI=1S/C19H21Cl2NOS/c1-19(2,3)11-7-8-12-13(10-24-16(12)9-11)18(23)22-15-6-4-5-14(20)17(15)21/h4-6,10-11H,7-9H2,1-3H3,(H,22,23). The van der Waals surface area contributed by atoms with Crippen molar-refractivity contribution in [3.63, 3.8) is 0 Å². The van der Waals surface area contributed by atoms with Gasteiger partial charge in [0.1, 0.15) is 0 Å². The molecule has 0 bridgehead atoms. The molecule has 2 nitrogen and oxygen atoms in total. The van der Waals surface area contributed by atoms with E-state index < -0.39 is 0 Å². The number of fused-ring (bicyclic) bond motifs is 1. The second-order valence-corrected chi connectivity index (χ2v) is 9.16. The van der Waals surface area contributed by atoms with Crippen LogP contribution in [0.25, 0.3) is 0 Å². The molecule has 1 N–H and O–H groups in total. The van der Waals surface area contributed by atoms with Gasteiger partial charge in [-0.2, -0.15) is 0 Å². The molecule has 1 aliphatic rings. The van der Waals surface area contributed by atoms with Crippen molar-refractivity contribution in [3.05, 3.63) is 49.6 Å². The van der Waals surface area contributed by atoms with Crippen molar-refractivity contribution in [1.82, 2.24) is 0 Å². The summed E-state index contributed by atoms with van der Waals surface area (Å²) in [6.07, 6.45) is 3.16. The van der Waals surface area contributed by atoms with Gasteiger partial charge in [-0.3, -0.25) is 4.79 Å². The fourth-order valence-corrected chi connectivity index (χ4v) is 4.74. The summed E-state index contributed by atoms with van der Waals surface area (Å²) in [5.74, 6) is 0.563. The molecule has 1 unspecified atom stereocenters. The lowest BCUT2D eigenvalue weighted by Crippen LogP contribution is -2.27. The first-order valence-corrected chi connectivity index (χ1v) is 9.75. The van der Waals surface area contributed by atoms with Crippen LogP contribution in [0.2, 0.25) is 10.0 Å². The zero-order valence-corrected chi connectivity index (χ0v) is 16.4. The van der Waals surface area contributed by atoms with E-state index in [2.05, 4.69) is 26.1 Å². The molecule has 0 radical (unpaired) electrons. The van der Waals surface area contributed by atoms with Crippen molar-refractivity contribution >= 4 is 46.1 Å². The first kappa shape index (κ1) is 17.8. The SMILES string of the molecule is CC(C)(C)C1CCc2c(C(=O)Nc3cccc(Cl)c3Cl)csc2C1. The van der Waals surface area contributed by atoms with Crippen LogP contribution in [0.15, 0.2) is 23.6 Å². The number of nitrogens with one attached hydrogen (secondary N) is 1. The van der Waals surface area contributed by atoms with E-state index >= 15 is 0 Å². The van der Waals surface area contributed by atoms with Crippen molar-refractivity contribution < 1.29 is 4.79 Å². The van der Waals surface area contributed by atoms with Crippen molar-refractivity contribution in [1.29, 1.82) is 0 Å². The van der Waals surface area contributed by atoms with E-state index in [4.69, 9.17) is 23.2 Å². The molecular weight excluding hydrogens is 361 g/mol. The Kier molecular flexibility index (Phi) is 4.96. The predicted molar refractivity (Wildman–Crippen MR) is 104 cm³/mol. The van der Waals surface area contributed by atoms with Gasteiger partial charge in [-0.25, -0.2) is 0 Å². The van der Waals surface area contributed by atoms with Gasteiger partial charge in [-0.1, -0.05) is 50.0 Å². The highest BCUT2D eigenvalue weighted by atomic mass is 35.5. The molecule has 1 heterocycles. The van der Waals surface area contributed by atoms with Gasteiger partial charge in [0.05, 0.1) is 21.3 Å². The van der Waals surface area contributed by atoms with Crippen LogP contribution in [0, 0.1) is 11.3 Å². The highest BCUT2D eigenvalue weighted by Gasteiger charge is 2.31. The van der Waals surface area contributed by atoms with E-state index in [9.17, 15) is 4.79 Å². The molecule has 0 spiro atoms. The fourth-order valence-electron chi connectivity index (χ4n) is 3.23. The maximum atomic E-state index is 12.7. The van der Waals surface area contributed by atoms with Crippen molar-refractivity contribution in [2.75, 3.05) is 5.32 Å². The smallest absolute Gasteiger partial charge is 0.256 e. The Morgan fingerprint density at radius 1 is 1.29 bits per heavy atom. The minimum Gasteiger partial charge on any atom is -0.321 e. The normalized spacial score (nSPS) is 17.5. The van der Waals surface area contributed by atoms with Gasteiger partial charge in [0.25, 0.3) is 5.91 Å². The van der Waals surface area contributed by atoms with Gasteiger partial charge < -0.3 is 5.32 Å². The van der Waals surface area contributed by atoms with Gasteiger partial charge >= 0.3 is 0 Å². The zero-order valence-electron chi connectivity index (χ0n) is 14.1. The lowest BCUT2D eigenvalue weighted by molar-refractivity contribution is 0.102. The van der Waals surface area contributed by atoms with Crippen LogP contribution in [0.1, 0.15) is 48.0 Å². The van der Waals surface area contributed by atoms with Crippen LogP contribution in [0.5, 0.6) is 0 Å². The number of benzene rings is 1. The summed E-state index contributed by atoms with van der Waals surface area (Å²) in [6, 6.07) is 5.25. The fraction of sp³-hybridized carbons (Fsp3) is 0.421. The Morgan fingerprint density at radius 2 is 2.04 bits per heavy atom. The van der Waals surface area contributed by atoms with E-state index in [1.165, 1.54) is 10.4 Å². The Balaban J connectivity index is 1.81. The van der Waals surface area contributed by atoms with Crippen LogP contribution in [0.4, 0.5) is 5.69 Å². The Bertz CT molecular complexity index is 776. The minimum absolute atomic E-state index is 0.106. The molecule has 0 saturated carbocycles. The maximum absolute atomic E-state index is 12.7. The minimum atomic E-state index is -0.106. The molecule has 1 aromatic carbocycles. The zero-order chi connectivity index (χ0) is 17.5. The van der Waals surface area contributed by atoms with E-state index in [1.54, 1.807) is 29.5 Å².